The van der Waals surface area contributed by atoms with E-state index in [1.54, 1.807) is 36.2 Å². The normalized spacial score (nSPS) is 10.1. The third kappa shape index (κ3) is 5.48. The molecule has 0 fully saturated rings. The number of rotatable bonds is 7. The lowest BCUT2D eigenvalue weighted by Crippen LogP contribution is -2.38. The minimum atomic E-state index is -0.786. The van der Waals surface area contributed by atoms with Gasteiger partial charge in [-0.2, -0.15) is 0 Å². The summed E-state index contributed by atoms with van der Waals surface area (Å²) in [6, 6.07) is 6.85. The van der Waals surface area contributed by atoms with Crippen molar-refractivity contribution < 1.29 is 14.7 Å². The maximum Gasteiger partial charge on any atom is 0.321 e. The minimum Gasteiger partial charge on any atom is -0.481 e. The van der Waals surface area contributed by atoms with Crippen LogP contribution in [-0.2, 0) is 4.79 Å². The number of nitrogens with zero attached hydrogens (tertiary/aromatic N) is 1. The fourth-order valence-corrected chi connectivity index (χ4v) is 1.95. The minimum absolute atomic E-state index is 0.168. The monoisotopic (exact) mass is 298 g/mol. The zero-order chi connectivity index (χ0) is 15.0. The summed E-state index contributed by atoms with van der Waals surface area (Å²) >= 11 is 5.83. The molecule has 6 heteroatoms. The van der Waals surface area contributed by atoms with Crippen LogP contribution < -0.4 is 10.2 Å². The summed E-state index contributed by atoms with van der Waals surface area (Å²) in [5, 5.41) is 11.8. The van der Waals surface area contributed by atoms with Gasteiger partial charge in [-0.1, -0.05) is 18.0 Å². The number of carboxylic acid groups (broad SMARTS) is 1. The van der Waals surface area contributed by atoms with Gasteiger partial charge in [-0.05, 0) is 37.1 Å². The topological polar surface area (TPSA) is 69.6 Å². The highest BCUT2D eigenvalue weighted by atomic mass is 35.5. The van der Waals surface area contributed by atoms with Gasteiger partial charge in [0, 0.05) is 30.7 Å². The van der Waals surface area contributed by atoms with Crippen molar-refractivity contribution in [3.8, 4) is 0 Å². The molecule has 0 atom stereocenters. The summed E-state index contributed by atoms with van der Waals surface area (Å²) in [4.78, 5) is 23.9. The predicted molar refractivity (Wildman–Crippen MR) is 79.4 cm³/mol. The maximum absolute atomic E-state index is 11.9. The van der Waals surface area contributed by atoms with Crippen LogP contribution in [0, 0.1) is 0 Å². The number of urea groups is 1. The molecule has 0 heterocycles. The first-order valence-electron chi connectivity index (χ1n) is 6.51. The van der Waals surface area contributed by atoms with E-state index in [2.05, 4.69) is 5.32 Å². The first-order chi connectivity index (χ1) is 9.54. The second-order valence-corrected chi connectivity index (χ2v) is 4.82. The number of aliphatic carboxylic acids is 1. The molecule has 5 nitrogen and oxygen atoms in total. The zero-order valence-corrected chi connectivity index (χ0v) is 12.2. The van der Waals surface area contributed by atoms with Crippen molar-refractivity contribution in [1.29, 1.82) is 0 Å². The highest BCUT2D eigenvalue weighted by molar-refractivity contribution is 6.30. The van der Waals surface area contributed by atoms with Gasteiger partial charge in [0.15, 0.2) is 0 Å². The van der Waals surface area contributed by atoms with Gasteiger partial charge in [-0.25, -0.2) is 4.79 Å². The average Bonchev–Trinajstić information content (AvgIpc) is 2.43. The van der Waals surface area contributed by atoms with E-state index in [-0.39, 0.29) is 12.5 Å². The molecule has 2 N–H and O–H groups in total. The van der Waals surface area contributed by atoms with Gasteiger partial charge in [-0.3, -0.25) is 9.69 Å². The van der Waals surface area contributed by atoms with Gasteiger partial charge in [0.25, 0.3) is 0 Å². The lowest BCUT2D eigenvalue weighted by Gasteiger charge is -2.22. The lowest BCUT2D eigenvalue weighted by molar-refractivity contribution is -0.137. The Balaban J connectivity index is 2.55. The van der Waals surface area contributed by atoms with Crippen molar-refractivity contribution in [3.05, 3.63) is 29.3 Å². The SMILES string of the molecule is CNC(=O)N(CCCCCC(=O)O)c1ccc(Cl)cc1. The number of anilines is 1. The Morgan fingerprint density at radius 2 is 1.85 bits per heavy atom. The number of benzene rings is 1. The van der Waals surface area contributed by atoms with Crippen LogP contribution in [0.4, 0.5) is 10.5 Å². The molecule has 1 aromatic carbocycles. The molecular weight excluding hydrogens is 280 g/mol. The van der Waals surface area contributed by atoms with Gasteiger partial charge in [-0.15, -0.1) is 0 Å². The molecule has 0 spiro atoms. The average molecular weight is 299 g/mol. The van der Waals surface area contributed by atoms with Crippen molar-refractivity contribution in [2.45, 2.75) is 25.7 Å². The summed E-state index contributed by atoms with van der Waals surface area (Å²) in [6.07, 6.45) is 2.31. The molecule has 0 saturated heterocycles. The van der Waals surface area contributed by atoms with E-state index in [9.17, 15) is 9.59 Å². The second-order valence-electron chi connectivity index (χ2n) is 4.39. The van der Waals surface area contributed by atoms with E-state index >= 15 is 0 Å². The van der Waals surface area contributed by atoms with Crippen molar-refractivity contribution in [2.75, 3.05) is 18.5 Å². The number of carboxylic acids is 1. The van der Waals surface area contributed by atoms with Gasteiger partial charge < -0.3 is 10.4 Å². The van der Waals surface area contributed by atoms with Crippen LogP contribution in [-0.4, -0.2) is 30.7 Å². The van der Waals surface area contributed by atoms with Gasteiger partial charge in [0.05, 0.1) is 0 Å². The van der Waals surface area contributed by atoms with Crippen molar-refractivity contribution >= 4 is 29.3 Å². The Hall–Kier alpha value is -1.75. The Kier molecular flexibility index (Phi) is 6.87. The van der Waals surface area contributed by atoms with Crippen LogP contribution in [0.3, 0.4) is 0 Å². The van der Waals surface area contributed by atoms with Gasteiger partial charge in [0.2, 0.25) is 0 Å². The van der Waals surface area contributed by atoms with E-state index in [1.165, 1.54) is 0 Å². The number of halogens is 1. The molecule has 0 unspecified atom stereocenters. The molecule has 0 aliphatic heterocycles. The van der Waals surface area contributed by atoms with Crippen LogP contribution in [0.2, 0.25) is 5.02 Å². The number of carbonyl (C=O) groups is 2. The van der Waals surface area contributed by atoms with Crippen LogP contribution in [0.5, 0.6) is 0 Å². The van der Waals surface area contributed by atoms with Crippen molar-refractivity contribution in [2.24, 2.45) is 0 Å². The smallest absolute Gasteiger partial charge is 0.321 e. The van der Waals surface area contributed by atoms with E-state index in [0.717, 1.165) is 18.5 Å². The van der Waals surface area contributed by atoms with Gasteiger partial charge >= 0.3 is 12.0 Å². The highest BCUT2D eigenvalue weighted by Gasteiger charge is 2.13. The maximum atomic E-state index is 11.9. The van der Waals surface area contributed by atoms with Gasteiger partial charge in [0.1, 0.15) is 0 Å². The molecule has 0 saturated carbocycles. The Bertz CT molecular complexity index is 448. The molecule has 1 aromatic rings. The summed E-state index contributed by atoms with van der Waals surface area (Å²) in [5.74, 6) is -0.786. The van der Waals surface area contributed by atoms with Crippen LogP contribution in [0.15, 0.2) is 24.3 Å². The number of hydrogen-bond acceptors (Lipinski definition) is 2. The first kappa shape index (κ1) is 16.3. The molecule has 0 aliphatic rings. The summed E-state index contributed by atoms with van der Waals surface area (Å²) in [6.45, 7) is 0.543. The standard InChI is InChI=1S/C14H19ClN2O3/c1-16-14(20)17(10-4-2-3-5-13(18)19)12-8-6-11(15)7-9-12/h6-9H,2-5,10H2,1H3,(H,16,20)(H,18,19). The molecule has 0 bridgehead atoms. The zero-order valence-electron chi connectivity index (χ0n) is 11.4. The van der Waals surface area contributed by atoms with Crippen molar-refractivity contribution in [1.82, 2.24) is 5.32 Å². The molecule has 1 rings (SSSR count). The van der Waals surface area contributed by atoms with E-state index < -0.39 is 5.97 Å². The lowest BCUT2D eigenvalue weighted by atomic mass is 10.2. The van der Waals surface area contributed by atoms with Crippen LogP contribution >= 0.6 is 11.6 Å². The Morgan fingerprint density at radius 3 is 2.40 bits per heavy atom. The van der Waals surface area contributed by atoms with E-state index in [4.69, 9.17) is 16.7 Å². The number of unbranched alkanes of at least 4 members (excludes halogenated alkanes) is 2. The number of carbonyl (C=O) groups excluding carboxylic acids is 1. The van der Waals surface area contributed by atoms with E-state index in [1.807, 2.05) is 0 Å². The molecule has 0 aromatic heterocycles. The number of amides is 2. The predicted octanol–water partition coefficient (Wildman–Crippen LogP) is 3.13. The van der Waals surface area contributed by atoms with Crippen LogP contribution in [0.1, 0.15) is 25.7 Å². The summed E-state index contributed by atoms with van der Waals surface area (Å²) < 4.78 is 0. The Morgan fingerprint density at radius 1 is 1.20 bits per heavy atom. The molecule has 2 amide bonds. The molecular formula is C14H19ClN2O3. The Labute approximate surface area is 123 Å². The van der Waals surface area contributed by atoms with Crippen molar-refractivity contribution in [3.63, 3.8) is 0 Å². The first-order valence-corrected chi connectivity index (χ1v) is 6.89. The fraction of sp³-hybridized carbons (Fsp3) is 0.429. The summed E-state index contributed by atoms with van der Waals surface area (Å²) in [7, 11) is 1.58. The largest absolute Gasteiger partial charge is 0.481 e. The van der Waals surface area contributed by atoms with E-state index in [0.29, 0.717) is 18.0 Å². The fourth-order valence-electron chi connectivity index (χ4n) is 1.83. The number of hydrogen-bond donors (Lipinski definition) is 2. The second kappa shape index (κ2) is 8.43. The molecule has 20 heavy (non-hydrogen) atoms. The summed E-state index contributed by atoms with van der Waals surface area (Å²) in [5.41, 5.74) is 0.770. The molecule has 0 radical (unpaired) electrons. The quantitative estimate of drug-likeness (QED) is 0.760. The third-order valence-electron chi connectivity index (χ3n) is 2.87. The number of nitrogens with one attached hydrogen (secondary N) is 1. The highest BCUT2D eigenvalue weighted by Crippen LogP contribution is 2.19. The molecule has 110 valence electrons. The van der Waals surface area contributed by atoms with Crippen LogP contribution in [0.25, 0.3) is 0 Å². The molecule has 0 aliphatic carbocycles. The third-order valence-corrected chi connectivity index (χ3v) is 3.12.